The minimum absolute atomic E-state index is 0.483. The highest BCUT2D eigenvalue weighted by Crippen LogP contribution is 2.30. The van der Waals surface area contributed by atoms with Crippen LogP contribution in [0.15, 0.2) is 0 Å². The number of nitrogens with two attached hydrogens (primary N) is 1. The molecule has 1 aromatic rings. The maximum atomic E-state index is 6.02. The fourth-order valence-electron chi connectivity index (χ4n) is 3.56. The molecular formula is C15H25N5. The van der Waals surface area contributed by atoms with Gasteiger partial charge in [-0.25, -0.2) is 9.97 Å². The van der Waals surface area contributed by atoms with E-state index in [1.54, 1.807) is 0 Å². The minimum Gasteiger partial charge on any atom is -0.383 e. The lowest BCUT2D eigenvalue weighted by molar-refractivity contribution is 0.115. The van der Waals surface area contributed by atoms with Gasteiger partial charge in [0, 0.05) is 30.7 Å². The zero-order valence-corrected chi connectivity index (χ0v) is 12.8. The molecule has 0 aromatic carbocycles. The van der Waals surface area contributed by atoms with Crippen LogP contribution in [0.25, 0.3) is 0 Å². The van der Waals surface area contributed by atoms with E-state index in [4.69, 9.17) is 5.73 Å². The summed E-state index contributed by atoms with van der Waals surface area (Å²) in [4.78, 5) is 14.0. The van der Waals surface area contributed by atoms with Crippen LogP contribution in [-0.4, -0.2) is 46.6 Å². The number of hydrogen-bond donors (Lipinski definition) is 1. The summed E-state index contributed by atoms with van der Waals surface area (Å²) in [6, 6.07) is 1.16. The van der Waals surface area contributed by atoms with Gasteiger partial charge in [-0.1, -0.05) is 6.42 Å². The molecule has 2 aliphatic rings. The molecule has 0 aliphatic carbocycles. The number of rotatable bonds is 1. The average Bonchev–Trinajstić information content (AvgIpc) is 2.42. The van der Waals surface area contributed by atoms with Crippen molar-refractivity contribution in [1.29, 1.82) is 0 Å². The lowest BCUT2D eigenvalue weighted by Crippen LogP contribution is -2.59. The summed E-state index contributed by atoms with van der Waals surface area (Å²) in [5.41, 5.74) is 7.04. The van der Waals surface area contributed by atoms with Crippen molar-refractivity contribution in [2.24, 2.45) is 0 Å². The van der Waals surface area contributed by atoms with Gasteiger partial charge in [0.05, 0.1) is 0 Å². The predicted molar refractivity (Wildman–Crippen MR) is 81.9 cm³/mol. The molecule has 0 bridgehead atoms. The Bertz CT molecular complexity index is 501. The number of nitrogens with zero attached hydrogens (tertiary/aromatic N) is 4. The maximum Gasteiger partial charge on any atom is 0.137 e. The minimum atomic E-state index is 0.483. The van der Waals surface area contributed by atoms with Crippen LogP contribution in [0.1, 0.15) is 37.6 Å². The Morgan fingerprint density at radius 1 is 1.15 bits per heavy atom. The largest absolute Gasteiger partial charge is 0.383 e. The normalized spacial score (nSPS) is 27.4. The molecule has 0 saturated carbocycles. The van der Waals surface area contributed by atoms with Crippen LogP contribution in [0.4, 0.5) is 11.6 Å². The molecular weight excluding hydrogens is 250 g/mol. The first-order valence-corrected chi connectivity index (χ1v) is 7.67. The van der Waals surface area contributed by atoms with Gasteiger partial charge in [-0.05, 0) is 40.2 Å². The number of aryl methyl sites for hydroxylation is 1. The van der Waals surface area contributed by atoms with Gasteiger partial charge in [-0.3, -0.25) is 4.90 Å². The zero-order valence-electron chi connectivity index (χ0n) is 12.8. The van der Waals surface area contributed by atoms with E-state index in [-0.39, 0.29) is 0 Å². The molecule has 2 aliphatic heterocycles. The summed E-state index contributed by atoms with van der Waals surface area (Å²) in [6.07, 6.45) is 4.01. The van der Waals surface area contributed by atoms with Crippen LogP contribution in [0.3, 0.4) is 0 Å². The van der Waals surface area contributed by atoms with E-state index < -0.39 is 0 Å². The van der Waals surface area contributed by atoms with Gasteiger partial charge in [0.25, 0.3) is 0 Å². The van der Waals surface area contributed by atoms with Crippen molar-refractivity contribution in [2.75, 3.05) is 30.3 Å². The molecule has 3 heterocycles. The van der Waals surface area contributed by atoms with Crippen LogP contribution < -0.4 is 10.6 Å². The Morgan fingerprint density at radius 2 is 1.95 bits per heavy atom. The van der Waals surface area contributed by atoms with Gasteiger partial charge in [-0.2, -0.15) is 0 Å². The summed E-state index contributed by atoms with van der Waals surface area (Å²) in [5.74, 6) is 2.42. The summed E-state index contributed by atoms with van der Waals surface area (Å²) in [5, 5.41) is 0. The first-order chi connectivity index (χ1) is 9.56. The lowest BCUT2D eigenvalue weighted by atomic mass is 9.97. The maximum absolute atomic E-state index is 6.02. The first kappa shape index (κ1) is 13.6. The van der Waals surface area contributed by atoms with E-state index in [1.807, 2.05) is 13.8 Å². The molecule has 110 valence electrons. The molecule has 0 amide bonds. The van der Waals surface area contributed by atoms with Crippen molar-refractivity contribution in [3.05, 3.63) is 11.4 Å². The molecule has 2 N–H and O–H groups in total. The third kappa shape index (κ3) is 2.35. The summed E-state index contributed by atoms with van der Waals surface area (Å²) < 4.78 is 0. The fourth-order valence-corrected chi connectivity index (χ4v) is 3.56. The van der Waals surface area contributed by atoms with Crippen molar-refractivity contribution in [2.45, 2.75) is 52.1 Å². The molecule has 5 nitrogen and oxygen atoms in total. The highest BCUT2D eigenvalue weighted by atomic mass is 15.3. The van der Waals surface area contributed by atoms with Gasteiger partial charge >= 0.3 is 0 Å². The fraction of sp³-hybridized carbons (Fsp3) is 0.733. The number of nitrogen functional groups attached to an aromatic ring is 1. The third-order valence-corrected chi connectivity index (χ3v) is 4.73. The SMILES string of the molecule is Cc1nc(N)c(C)c(N2CC3CCCCN3CC2C)n1. The number of hydrogen-bond acceptors (Lipinski definition) is 5. The lowest BCUT2D eigenvalue weighted by Gasteiger charge is -2.48. The van der Waals surface area contributed by atoms with E-state index in [2.05, 4.69) is 26.7 Å². The quantitative estimate of drug-likeness (QED) is 0.846. The third-order valence-electron chi connectivity index (χ3n) is 4.73. The van der Waals surface area contributed by atoms with Crippen LogP contribution in [-0.2, 0) is 0 Å². The van der Waals surface area contributed by atoms with Gasteiger partial charge in [0.1, 0.15) is 17.5 Å². The highest BCUT2D eigenvalue weighted by Gasteiger charge is 2.34. The van der Waals surface area contributed by atoms with E-state index >= 15 is 0 Å². The molecule has 0 spiro atoms. The Kier molecular flexibility index (Phi) is 3.54. The number of piperazine rings is 1. The predicted octanol–water partition coefficient (Wildman–Crippen LogP) is 1.74. The molecule has 2 fully saturated rings. The topological polar surface area (TPSA) is 58.3 Å². The van der Waals surface area contributed by atoms with Crippen molar-refractivity contribution in [3.8, 4) is 0 Å². The van der Waals surface area contributed by atoms with Gasteiger partial charge in [-0.15, -0.1) is 0 Å². The standard InChI is InChI=1S/C15H25N5/c1-10-8-19-7-5-4-6-13(19)9-20(10)15-11(2)14(16)17-12(3)18-15/h10,13H,4-9H2,1-3H3,(H2,16,17,18). The molecule has 2 saturated heterocycles. The van der Waals surface area contributed by atoms with E-state index in [0.717, 1.165) is 30.3 Å². The monoisotopic (exact) mass is 275 g/mol. The van der Waals surface area contributed by atoms with Gasteiger partial charge in [0.15, 0.2) is 0 Å². The number of fused-ring (bicyclic) bond motifs is 1. The average molecular weight is 275 g/mol. The molecule has 2 atom stereocenters. The number of aromatic nitrogens is 2. The smallest absolute Gasteiger partial charge is 0.137 e. The Balaban J connectivity index is 1.89. The van der Waals surface area contributed by atoms with Crippen molar-refractivity contribution >= 4 is 11.6 Å². The molecule has 2 unspecified atom stereocenters. The second-order valence-electron chi connectivity index (χ2n) is 6.25. The highest BCUT2D eigenvalue weighted by molar-refractivity contribution is 5.57. The van der Waals surface area contributed by atoms with Crippen LogP contribution >= 0.6 is 0 Å². The second kappa shape index (κ2) is 5.20. The van der Waals surface area contributed by atoms with E-state index in [0.29, 0.717) is 17.9 Å². The zero-order chi connectivity index (χ0) is 14.3. The number of piperidine rings is 1. The van der Waals surface area contributed by atoms with Crippen molar-refractivity contribution < 1.29 is 0 Å². The molecule has 5 heteroatoms. The number of anilines is 2. The van der Waals surface area contributed by atoms with E-state index in [1.165, 1.54) is 25.8 Å². The van der Waals surface area contributed by atoms with Crippen LogP contribution in [0, 0.1) is 13.8 Å². The van der Waals surface area contributed by atoms with E-state index in [9.17, 15) is 0 Å². The van der Waals surface area contributed by atoms with Crippen molar-refractivity contribution in [1.82, 2.24) is 14.9 Å². The Hall–Kier alpha value is -1.36. The second-order valence-corrected chi connectivity index (χ2v) is 6.25. The van der Waals surface area contributed by atoms with Crippen LogP contribution in [0.2, 0.25) is 0 Å². The molecule has 1 aromatic heterocycles. The van der Waals surface area contributed by atoms with Gasteiger partial charge < -0.3 is 10.6 Å². The molecule has 0 radical (unpaired) electrons. The molecule has 3 rings (SSSR count). The summed E-state index contributed by atoms with van der Waals surface area (Å²) >= 11 is 0. The first-order valence-electron chi connectivity index (χ1n) is 7.67. The summed E-state index contributed by atoms with van der Waals surface area (Å²) in [7, 11) is 0. The molecule has 20 heavy (non-hydrogen) atoms. The van der Waals surface area contributed by atoms with Crippen LogP contribution in [0.5, 0.6) is 0 Å². The summed E-state index contributed by atoms with van der Waals surface area (Å²) in [6.45, 7) is 9.69. The Labute approximate surface area is 121 Å². The Morgan fingerprint density at radius 3 is 2.75 bits per heavy atom. The van der Waals surface area contributed by atoms with Crippen molar-refractivity contribution in [3.63, 3.8) is 0 Å². The van der Waals surface area contributed by atoms with Gasteiger partial charge in [0.2, 0.25) is 0 Å².